The number of rotatable bonds is 9. The molecule has 1 aromatic carbocycles. The first-order chi connectivity index (χ1) is 11.6. The molecule has 0 aliphatic heterocycles. The van der Waals surface area contributed by atoms with Crippen molar-refractivity contribution in [3.05, 3.63) is 64.1 Å². The Morgan fingerprint density at radius 3 is 2.58 bits per heavy atom. The highest BCUT2D eigenvalue weighted by atomic mass is 16.3. The van der Waals surface area contributed by atoms with E-state index in [9.17, 15) is 9.90 Å². The maximum absolute atomic E-state index is 11.9. The molecular formula is C20H28N2O2. The first kappa shape index (κ1) is 18.3. The van der Waals surface area contributed by atoms with E-state index in [2.05, 4.69) is 30.9 Å². The molecule has 0 radical (unpaired) electrons. The van der Waals surface area contributed by atoms with E-state index in [4.69, 9.17) is 0 Å². The molecule has 1 N–H and O–H groups in total. The second-order valence-corrected chi connectivity index (χ2v) is 6.17. The van der Waals surface area contributed by atoms with Gasteiger partial charge in [0.1, 0.15) is 0 Å². The third-order valence-corrected chi connectivity index (χ3v) is 4.34. The van der Waals surface area contributed by atoms with E-state index in [1.807, 2.05) is 22.8 Å². The molecule has 1 heterocycles. The first-order valence-electron chi connectivity index (χ1n) is 8.82. The van der Waals surface area contributed by atoms with Gasteiger partial charge in [0, 0.05) is 24.8 Å². The molecule has 0 saturated carbocycles. The predicted octanol–water partition coefficient (Wildman–Crippen LogP) is 3.42. The Morgan fingerprint density at radius 1 is 1.17 bits per heavy atom. The second kappa shape index (κ2) is 9.28. The molecule has 0 aliphatic rings. The van der Waals surface area contributed by atoms with Crippen LogP contribution in [-0.4, -0.2) is 27.7 Å². The fraction of sp³-hybridized carbons (Fsp3) is 0.450. The van der Waals surface area contributed by atoms with Crippen LogP contribution in [0, 0.1) is 0 Å². The number of hydrogen-bond donors (Lipinski definition) is 1. The Morgan fingerprint density at radius 2 is 1.92 bits per heavy atom. The largest absolute Gasteiger partial charge is 0.503 e. The van der Waals surface area contributed by atoms with E-state index in [1.54, 1.807) is 12.3 Å². The van der Waals surface area contributed by atoms with Gasteiger partial charge < -0.3 is 9.67 Å². The number of unbranched alkanes of at least 4 members (excludes halogenated alkanes) is 1. The number of benzene rings is 1. The summed E-state index contributed by atoms with van der Waals surface area (Å²) < 4.78 is 2.01. The molecule has 0 spiro atoms. The zero-order valence-electron chi connectivity index (χ0n) is 14.7. The van der Waals surface area contributed by atoms with E-state index in [0.717, 1.165) is 51.1 Å². The maximum atomic E-state index is 11.9. The van der Waals surface area contributed by atoms with Gasteiger partial charge in [-0.3, -0.25) is 9.69 Å². The highest BCUT2D eigenvalue weighted by Crippen LogP contribution is 2.11. The molecular weight excluding hydrogens is 300 g/mol. The van der Waals surface area contributed by atoms with Crippen molar-refractivity contribution in [2.75, 3.05) is 13.1 Å². The quantitative estimate of drug-likeness (QED) is 0.767. The highest BCUT2D eigenvalue weighted by Gasteiger charge is 2.10. The monoisotopic (exact) mass is 328 g/mol. The number of aromatic hydroxyl groups is 1. The average molecular weight is 328 g/mol. The lowest BCUT2D eigenvalue weighted by atomic mass is 10.1. The van der Waals surface area contributed by atoms with Gasteiger partial charge in [0.25, 0.3) is 0 Å². The lowest BCUT2D eigenvalue weighted by molar-refractivity contribution is 0.266. The molecule has 0 aliphatic carbocycles. The van der Waals surface area contributed by atoms with Gasteiger partial charge in [-0.25, -0.2) is 0 Å². The van der Waals surface area contributed by atoms with E-state index >= 15 is 0 Å². The van der Waals surface area contributed by atoms with Gasteiger partial charge in [-0.2, -0.15) is 0 Å². The molecule has 0 saturated heterocycles. The van der Waals surface area contributed by atoms with E-state index < -0.39 is 0 Å². The van der Waals surface area contributed by atoms with Crippen molar-refractivity contribution < 1.29 is 5.11 Å². The van der Waals surface area contributed by atoms with E-state index in [-0.39, 0.29) is 11.2 Å². The Bertz CT molecular complexity index is 680. The number of aromatic nitrogens is 1. The topological polar surface area (TPSA) is 45.5 Å². The summed E-state index contributed by atoms with van der Waals surface area (Å²) >= 11 is 0. The molecule has 0 atom stereocenters. The van der Waals surface area contributed by atoms with Crippen molar-refractivity contribution >= 4 is 0 Å². The minimum atomic E-state index is -0.299. The summed E-state index contributed by atoms with van der Waals surface area (Å²) in [6, 6.07) is 11.8. The van der Waals surface area contributed by atoms with E-state index in [0.29, 0.717) is 0 Å². The Balaban J connectivity index is 2.16. The minimum absolute atomic E-state index is 0.177. The molecule has 1 aromatic heterocycles. The van der Waals surface area contributed by atoms with Gasteiger partial charge >= 0.3 is 0 Å². The Labute approximate surface area is 144 Å². The predicted molar refractivity (Wildman–Crippen MR) is 98.4 cm³/mol. The van der Waals surface area contributed by atoms with Crippen LogP contribution < -0.4 is 5.43 Å². The molecule has 2 aromatic rings. The zero-order valence-corrected chi connectivity index (χ0v) is 14.7. The average Bonchev–Trinajstić information content (AvgIpc) is 2.61. The maximum Gasteiger partial charge on any atom is 0.223 e. The SMILES string of the molecule is CCCCN(CC)Cc1cc(=O)c(O)cn1CCc1ccccc1. The van der Waals surface area contributed by atoms with Crippen LogP contribution in [0.25, 0.3) is 0 Å². The van der Waals surface area contributed by atoms with Crippen molar-refractivity contribution in [2.45, 2.75) is 46.2 Å². The first-order valence-corrected chi connectivity index (χ1v) is 8.82. The van der Waals surface area contributed by atoms with Gasteiger partial charge in [-0.15, -0.1) is 0 Å². The summed E-state index contributed by atoms with van der Waals surface area (Å²) in [5.74, 6) is -0.177. The van der Waals surface area contributed by atoms with Crippen LogP contribution in [0.4, 0.5) is 0 Å². The number of nitrogens with zero attached hydrogens (tertiary/aromatic N) is 2. The molecule has 24 heavy (non-hydrogen) atoms. The molecule has 0 unspecified atom stereocenters. The van der Waals surface area contributed by atoms with Crippen LogP contribution in [0.1, 0.15) is 37.9 Å². The van der Waals surface area contributed by atoms with Crippen LogP contribution in [0.15, 0.2) is 47.4 Å². The number of pyridine rings is 1. The normalized spacial score (nSPS) is 11.1. The van der Waals surface area contributed by atoms with Crippen LogP contribution in [0.2, 0.25) is 0 Å². The summed E-state index contributed by atoms with van der Waals surface area (Å²) in [5, 5.41) is 9.81. The van der Waals surface area contributed by atoms with Gasteiger partial charge in [-0.05, 0) is 31.5 Å². The summed E-state index contributed by atoms with van der Waals surface area (Å²) in [6.45, 7) is 7.79. The minimum Gasteiger partial charge on any atom is -0.503 e. The smallest absolute Gasteiger partial charge is 0.223 e. The molecule has 130 valence electrons. The molecule has 4 heteroatoms. The van der Waals surface area contributed by atoms with Crippen molar-refractivity contribution in [1.29, 1.82) is 0 Å². The fourth-order valence-electron chi connectivity index (χ4n) is 2.80. The summed E-state index contributed by atoms with van der Waals surface area (Å²) in [4.78, 5) is 14.2. The summed E-state index contributed by atoms with van der Waals surface area (Å²) in [6.07, 6.45) is 4.76. The third-order valence-electron chi connectivity index (χ3n) is 4.34. The fourth-order valence-corrected chi connectivity index (χ4v) is 2.80. The van der Waals surface area contributed by atoms with Crippen LogP contribution in [0.3, 0.4) is 0 Å². The lowest BCUT2D eigenvalue weighted by Crippen LogP contribution is -2.27. The molecule has 0 bridgehead atoms. The van der Waals surface area contributed by atoms with Crippen molar-refractivity contribution in [2.24, 2.45) is 0 Å². The number of aryl methyl sites for hydroxylation is 2. The van der Waals surface area contributed by atoms with Gasteiger partial charge in [0.2, 0.25) is 5.43 Å². The van der Waals surface area contributed by atoms with Crippen LogP contribution >= 0.6 is 0 Å². The summed E-state index contributed by atoms with van der Waals surface area (Å²) in [5.41, 5.74) is 1.92. The third kappa shape index (κ3) is 5.24. The van der Waals surface area contributed by atoms with E-state index in [1.165, 1.54) is 5.56 Å². The van der Waals surface area contributed by atoms with Crippen LogP contribution in [-0.2, 0) is 19.5 Å². The van der Waals surface area contributed by atoms with Gasteiger partial charge in [0.05, 0.1) is 6.20 Å². The standard InChI is InChI=1S/C20H28N2O2/c1-3-5-12-21(4-2)15-18-14-19(23)20(24)16-22(18)13-11-17-9-7-6-8-10-17/h6-10,14,16,24H,3-5,11-13,15H2,1-2H3. The molecule has 0 fully saturated rings. The molecule has 2 rings (SSSR count). The molecule has 0 amide bonds. The van der Waals surface area contributed by atoms with Crippen LogP contribution in [0.5, 0.6) is 5.75 Å². The number of hydrogen-bond acceptors (Lipinski definition) is 3. The Kier molecular flexibility index (Phi) is 7.07. The highest BCUT2D eigenvalue weighted by molar-refractivity contribution is 5.21. The molecule has 4 nitrogen and oxygen atoms in total. The summed E-state index contributed by atoms with van der Waals surface area (Å²) in [7, 11) is 0. The van der Waals surface area contributed by atoms with Crippen molar-refractivity contribution in [3.63, 3.8) is 0 Å². The zero-order chi connectivity index (χ0) is 17.4. The Hall–Kier alpha value is -2.07. The van der Waals surface area contributed by atoms with Crippen molar-refractivity contribution in [1.82, 2.24) is 9.47 Å². The van der Waals surface area contributed by atoms with Gasteiger partial charge in [-0.1, -0.05) is 50.6 Å². The van der Waals surface area contributed by atoms with Gasteiger partial charge in [0.15, 0.2) is 5.75 Å². The van der Waals surface area contributed by atoms with Crippen molar-refractivity contribution in [3.8, 4) is 5.75 Å². The lowest BCUT2D eigenvalue weighted by Gasteiger charge is -2.23. The second-order valence-electron chi connectivity index (χ2n) is 6.17.